The molecule has 24 heavy (non-hydrogen) atoms. The maximum absolute atomic E-state index is 5.39. The van der Waals surface area contributed by atoms with Crippen molar-refractivity contribution in [3.8, 4) is 27.8 Å². The van der Waals surface area contributed by atoms with Gasteiger partial charge in [-0.3, -0.25) is 0 Å². The molecule has 8 nitrogen and oxygen atoms in total. The quantitative estimate of drug-likeness (QED) is 0.645. The van der Waals surface area contributed by atoms with Gasteiger partial charge in [0.25, 0.3) is 0 Å². The van der Waals surface area contributed by atoms with Crippen molar-refractivity contribution in [3.63, 3.8) is 0 Å². The lowest BCUT2D eigenvalue weighted by molar-refractivity contribution is 0.200. The Morgan fingerprint density at radius 1 is 1.00 bits per heavy atom. The Morgan fingerprint density at radius 2 is 1.71 bits per heavy atom. The second-order valence-electron chi connectivity index (χ2n) is 4.87. The minimum atomic E-state index is 0.549. The maximum atomic E-state index is 5.39. The second-order valence-corrected chi connectivity index (χ2v) is 5.83. The van der Waals surface area contributed by atoms with E-state index in [2.05, 4.69) is 15.3 Å². The molecule has 0 aliphatic rings. The van der Waals surface area contributed by atoms with Gasteiger partial charge < -0.3 is 18.9 Å². The van der Waals surface area contributed by atoms with Gasteiger partial charge in [0.15, 0.2) is 17.3 Å². The van der Waals surface area contributed by atoms with E-state index in [1.54, 1.807) is 33.0 Å². The van der Waals surface area contributed by atoms with Gasteiger partial charge >= 0.3 is 0 Å². The highest BCUT2D eigenvalue weighted by Crippen LogP contribution is 2.41. The van der Waals surface area contributed by atoms with Gasteiger partial charge in [-0.25, -0.2) is 0 Å². The third kappa shape index (κ3) is 2.87. The number of aromatic nitrogens is 4. The maximum Gasteiger partial charge on any atom is 0.234 e. The van der Waals surface area contributed by atoms with E-state index in [1.165, 1.54) is 11.3 Å². The molecule has 9 heteroatoms. The van der Waals surface area contributed by atoms with Gasteiger partial charge in [-0.2, -0.15) is 9.61 Å². The molecule has 2 aromatic heterocycles. The Bertz CT molecular complexity index is 820. The van der Waals surface area contributed by atoms with Crippen LogP contribution in [0.3, 0.4) is 0 Å². The van der Waals surface area contributed by atoms with E-state index in [0.717, 1.165) is 21.4 Å². The molecule has 0 spiro atoms. The first-order valence-corrected chi connectivity index (χ1v) is 8.04. The molecular formula is C15H18N4O4S. The van der Waals surface area contributed by atoms with Crippen LogP contribution in [-0.4, -0.2) is 54.9 Å². The largest absolute Gasteiger partial charge is 0.493 e. The second kappa shape index (κ2) is 7.02. The van der Waals surface area contributed by atoms with Crippen molar-refractivity contribution in [1.82, 2.24) is 19.8 Å². The van der Waals surface area contributed by atoms with Crippen LogP contribution in [0.5, 0.6) is 17.2 Å². The molecule has 0 fully saturated rings. The van der Waals surface area contributed by atoms with Gasteiger partial charge in [0.2, 0.25) is 10.7 Å². The smallest absolute Gasteiger partial charge is 0.234 e. The molecule has 3 aromatic rings. The Morgan fingerprint density at radius 3 is 2.29 bits per heavy atom. The summed E-state index contributed by atoms with van der Waals surface area (Å²) < 4.78 is 23.0. The van der Waals surface area contributed by atoms with E-state index in [1.807, 2.05) is 12.1 Å². The Balaban J connectivity index is 2.05. The highest BCUT2D eigenvalue weighted by atomic mass is 32.1. The average molecular weight is 350 g/mol. The number of methoxy groups -OCH3 is 4. The van der Waals surface area contributed by atoms with Crippen LogP contribution in [0.25, 0.3) is 15.5 Å². The van der Waals surface area contributed by atoms with Crippen molar-refractivity contribution < 1.29 is 18.9 Å². The summed E-state index contributed by atoms with van der Waals surface area (Å²) in [5.74, 6) is 2.48. The number of fused-ring (bicyclic) bond motifs is 1. The van der Waals surface area contributed by atoms with Crippen LogP contribution >= 0.6 is 11.3 Å². The summed E-state index contributed by atoms with van der Waals surface area (Å²) in [7, 11) is 6.40. The van der Waals surface area contributed by atoms with E-state index in [9.17, 15) is 0 Å². The molecule has 3 rings (SSSR count). The van der Waals surface area contributed by atoms with Crippen molar-refractivity contribution in [2.45, 2.75) is 6.42 Å². The number of ether oxygens (including phenoxy) is 4. The molecule has 0 amide bonds. The topological polar surface area (TPSA) is 80.0 Å². The van der Waals surface area contributed by atoms with Gasteiger partial charge in [0.05, 0.1) is 27.9 Å². The fourth-order valence-electron chi connectivity index (χ4n) is 2.33. The Hall–Kier alpha value is -2.39. The summed E-state index contributed by atoms with van der Waals surface area (Å²) in [4.78, 5) is 0.727. The predicted octanol–water partition coefficient (Wildman–Crippen LogP) is 2.07. The standard InChI is InChI=1S/C15H18N4O4S/c1-20-6-5-12-16-17-15-19(12)18-14(24-15)9-7-10(21-2)13(23-4)11(8-9)22-3/h7-8H,5-6H2,1-4H3. The lowest BCUT2D eigenvalue weighted by Crippen LogP contribution is -2.01. The van der Waals surface area contributed by atoms with E-state index >= 15 is 0 Å². The van der Waals surface area contributed by atoms with Gasteiger partial charge in [-0.05, 0) is 12.1 Å². The molecule has 2 heterocycles. The fraction of sp³-hybridized carbons (Fsp3) is 0.400. The molecule has 0 radical (unpaired) electrons. The fourth-order valence-corrected chi connectivity index (χ4v) is 3.17. The summed E-state index contributed by atoms with van der Waals surface area (Å²) >= 11 is 1.44. The molecule has 0 aliphatic heterocycles. The Labute approximate surface area is 142 Å². The Kier molecular flexibility index (Phi) is 4.81. The highest BCUT2D eigenvalue weighted by Gasteiger charge is 2.18. The van der Waals surface area contributed by atoms with E-state index in [0.29, 0.717) is 30.3 Å². The van der Waals surface area contributed by atoms with Gasteiger partial charge in [0.1, 0.15) is 5.01 Å². The zero-order valence-electron chi connectivity index (χ0n) is 13.9. The first-order chi connectivity index (χ1) is 11.7. The number of hydrogen-bond acceptors (Lipinski definition) is 8. The first kappa shape index (κ1) is 16.5. The van der Waals surface area contributed by atoms with Crippen LogP contribution in [0.1, 0.15) is 5.82 Å². The number of nitrogens with zero attached hydrogens (tertiary/aromatic N) is 4. The zero-order chi connectivity index (χ0) is 17.1. The summed E-state index contributed by atoms with van der Waals surface area (Å²) in [5.41, 5.74) is 0.859. The molecule has 1 aromatic carbocycles. The van der Waals surface area contributed by atoms with E-state index in [-0.39, 0.29) is 0 Å². The van der Waals surface area contributed by atoms with Gasteiger partial charge in [-0.1, -0.05) is 11.3 Å². The summed E-state index contributed by atoms with van der Waals surface area (Å²) in [5, 5.41) is 13.7. The van der Waals surface area contributed by atoms with Crippen molar-refractivity contribution in [2.24, 2.45) is 0 Å². The van der Waals surface area contributed by atoms with Crippen LogP contribution in [0.4, 0.5) is 0 Å². The zero-order valence-corrected chi connectivity index (χ0v) is 14.7. The average Bonchev–Trinajstić information content (AvgIpc) is 3.19. The monoisotopic (exact) mass is 350 g/mol. The molecule has 0 N–H and O–H groups in total. The lowest BCUT2D eigenvalue weighted by atomic mass is 10.2. The van der Waals surface area contributed by atoms with E-state index < -0.39 is 0 Å². The minimum absolute atomic E-state index is 0.549. The van der Waals surface area contributed by atoms with E-state index in [4.69, 9.17) is 18.9 Å². The van der Waals surface area contributed by atoms with Crippen molar-refractivity contribution in [3.05, 3.63) is 18.0 Å². The summed E-state index contributed by atoms with van der Waals surface area (Å²) in [6.07, 6.45) is 0.649. The molecule has 128 valence electrons. The molecular weight excluding hydrogens is 332 g/mol. The SMILES string of the molecule is COCCc1nnc2sc(-c3cc(OC)c(OC)c(OC)c3)nn12. The summed E-state index contributed by atoms with van der Waals surface area (Å²) in [6, 6.07) is 3.73. The lowest BCUT2D eigenvalue weighted by Gasteiger charge is -2.13. The molecule has 0 saturated carbocycles. The number of benzene rings is 1. The molecule has 0 unspecified atom stereocenters. The predicted molar refractivity (Wildman–Crippen MR) is 89.3 cm³/mol. The van der Waals surface area contributed by atoms with Crippen LogP contribution in [0.2, 0.25) is 0 Å². The third-order valence-electron chi connectivity index (χ3n) is 3.50. The first-order valence-electron chi connectivity index (χ1n) is 7.22. The summed E-state index contributed by atoms with van der Waals surface area (Å²) in [6.45, 7) is 0.567. The highest BCUT2D eigenvalue weighted by molar-refractivity contribution is 7.19. The van der Waals surface area contributed by atoms with Crippen LogP contribution < -0.4 is 14.2 Å². The minimum Gasteiger partial charge on any atom is -0.493 e. The number of hydrogen-bond donors (Lipinski definition) is 0. The van der Waals surface area contributed by atoms with Crippen LogP contribution in [0.15, 0.2) is 12.1 Å². The molecule has 0 saturated heterocycles. The van der Waals surface area contributed by atoms with Crippen molar-refractivity contribution in [2.75, 3.05) is 35.0 Å². The number of rotatable bonds is 7. The third-order valence-corrected chi connectivity index (χ3v) is 4.44. The van der Waals surface area contributed by atoms with Crippen LogP contribution in [-0.2, 0) is 11.2 Å². The van der Waals surface area contributed by atoms with Gasteiger partial charge in [-0.15, -0.1) is 10.2 Å². The van der Waals surface area contributed by atoms with Crippen molar-refractivity contribution >= 4 is 16.3 Å². The molecule has 0 aliphatic carbocycles. The molecule has 0 atom stereocenters. The van der Waals surface area contributed by atoms with Crippen LogP contribution in [0, 0.1) is 0 Å². The molecule has 0 bridgehead atoms. The van der Waals surface area contributed by atoms with Gasteiger partial charge in [0, 0.05) is 19.1 Å². The van der Waals surface area contributed by atoms with Crippen molar-refractivity contribution in [1.29, 1.82) is 0 Å². The normalized spacial score (nSPS) is 11.0.